The molecule has 3 heteroatoms. The number of hydrogen-bond acceptors (Lipinski definition) is 2. The normalized spacial score (nSPS) is 22.1. The van der Waals surface area contributed by atoms with Crippen LogP contribution in [0.15, 0.2) is 57.8 Å². The minimum absolute atomic E-state index is 0.618. The molecule has 0 bridgehead atoms. The van der Waals surface area contributed by atoms with E-state index in [-0.39, 0.29) is 0 Å². The number of rotatable bonds is 1. The Morgan fingerprint density at radius 3 is 2.56 bits per heavy atom. The first-order valence-corrected chi connectivity index (χ1v) is 7.75. The van der Waals surface area contributed by atoms with E-state index in [4.69, 9.17) is 0 Å². The lowest BCUT2D eigenvalue weighted by atomic mass is 10.1. The second-order valence-electron chi connectivity index (χ2n) is 4.63. The van der Waals surface area contributed by atoms with Crippen LogP contribution in [-0.4, -0.2) is 9.96 Å². The SMILES string of the molecule is Cc1ccc(S2(=O)=Nc3ccccc3CC2)cc1. The first kappa shape index (κ1) is 11.5. The van der Waals surface area contributed by atoms with Gasteiger partial charge in [0.1, 0.15) is 0 Å². The van der Waals surface area contributed by atoms with Gasteiger partial charge in [-0.1, -0.05) is 35.9 Å². The van der Waals surface area contributed by atoms with Crippen molar-refractivity contribution in [3.63, 3.8) is 0 Å². The Kier molecular flexibility index (Phi) is 2.71. The van der Waals surface area contributed by atoms with E-state index >= 15 is 0 Å². The number of nitrogens with zero attached hydrogens (tertiary/aromatic N) is 1. The summed E-state index contributed by atoms with van der Waals surface area (Å²) in [7, 11) is -2.27. The summed E-state index contributed by atoms with van der Waals surface area (Å²) in [5.74, 6) is 0.618. The van der Waals surface area contributed by atoms with E-state index in [9.17, 15) is 4.21 Å². The molecule has 0 saturated carbocycles. The van der Waals surface area contributed by atoms with Crippen LogP contribution in [0.3, 0.4) is 0 Å². The predicted octanol–water partition coefficient (Wildman–Crippen LogP) is 3.71. The van der Waals surface area contributed by atoms with Gasteiger partial charge in [-0.05, 0) is 37.1 Å². The molecule has 0 aromatic heterocycles. The maximum atomic E-state index is 12.9. The molecule has 3 rings (SSSR count). The molecule has 0 aliphatic carbocycles. The number of benzene rings is 2. The minimum Gasteiger partial charge on any atom is -0.244 e. The molecule has 1 heterocycles. The molecule has 0 amide bonds. The highest BCUT2D eigenvalue weighted by Gasteiger charge is 2.19. The molecule has 1 aliphatic rings. The first-order valence-electron chi connectivity index (χ1n) is 6.07. The predicted molar refractivity (Wildman–Crippen MR) is 74.7 cm³/mol. The van der Waals surface area contributed by atoms with Gasteiger partial charge in [-0.3, -0.25) is 0 Å². The van der Waals surface area contributed by atoms with Crippen molar-refractivity contribution in [2.24, 2.45) is 4.36 Å². The number of fused-ring (bicyclic) bond motifs is 1. The molecular weight excluding hydrogens is 242 g/mol. The fourth-order valence-electron chi connectivity index (χ4n) is 2.19. The van der Waals surface area contributed by atoms with Gasteiger partial charge in [0.15, 0.2) is 0 Å². The van der Waals surface area contributed by atoms with Gasteiger partial charge in [0.05, 0.1) is 15.4 Å². The maximum absolute atomic E-state index is 12.9. The average molecular weight is 257 g/mol. The van der Waals surface area contributed by atoms with Crippen LogP contribution in [0.1, 0.15) is 11.1 Å². The van der Waals surface area contributed by atoms with Gasteiger partial charge in [-0.15, -0.1) is 0 Å². The highest BCUT2D eigenvalue weighted by molar-refractivity contribution is 7.93. The van der Waals surface area contributed by atoms with Crippen LogP contribution in [0, 0.1) is 6.92 Å². The van der Waals surface area contributed by atoms with Crippen molar-refractivity contribution in [2.45, 2.75) is 18.2 Å². The molecule has 2 aromatic rings. The topological polar surface area (TPSA) is 29.4 Å². The van der Waals surface area contributed by atoms with Crippen molar-refractivity contribution in [2.75, 3.05) is 5.75 Å². The van der Waals surface area contributed by atoms with Gasteiger partial charge in [-0.2, -0.15) is 4.36 Å². The smallest absolute Gasteiger partial charge is 0.0803 e. The van der Waals surface area contributed by atoms with Crippen LogP contribution >= 0.6 is 0 Å². The van der Waals surface area contributed by atoms with Crippen molar-refractivity contribution in [1.29, 1.82) is 0 Å². The van der Waals surface area contributed by atoms with Crippen LogP contribution in [0.5, 0.6) is 0 Å². The first-order chi connectivity index (χ1) is 8.67. The zero-order valence-corrected chi connectivity index (χ0v) is 11.1. The van der Waals surface area contributed by atoms with E-state index in [1.165, 1.54) is 11.1 Å². The third kappa shape index (κ3) is 1.95. The van der Waals surface area contributed by atoms with E-state index in [0.717, 1.165) is 17.0 Å². The summed E-state index contributed by atoms with van der Waals surface area (Å²) in [6, 6.07) is 15.8. The number of aryl methyl sites for hydroxylation is 2. The van der Waals surface area contributed by atoms with E-state index in [1.807, 2.05) is 49.4 Å². The molecule has 1 unspecified atom stereocenters. The van der Waals surface area contributed by atoms with Crippen LogP contribution in [0.2, 0.25) is 0 Å². The number of hydrogen-bond donors (Lipinski definition) is 0. The van der Waals surface area contributed by atoms with E-state index in [1.54, 1.807) is 0 Å². The highest BCUT2D eigenvalue weighted by Crippen LogP contribution is 2.30. The fourth-order valence-corrected chi connectivity index (χ4v) is 4.17. The third-order valence-corrected chi connectivity index (χ3v) is 5.53. The summed E-state index contributed by atoms with van der Waals surface area (Å²) < 4.78 is 17.4. The second-order valence-corrected chi connectivity index (χ2v) is 6.97. The molecule has 1 atom stereocenters. The van der Waals surface area contributed by atoms with Gasteiger partial charge in [0, 0.05) is 10.6 Å². The van der Waals surface area contributed by atoms with Gasteiger partial charge in [-0.25, -0.2) is 4.21 Å². The summed E-state index contributed by atoms with van der Waals surface area (Å²) in [4.78, 5) is 0.850. The summed E-state index contributed by atoms with van der Waals surface area (Å²) in [6.45, 7) is 2.03. The summed E-state index contributed by atoms with van der Waals surface area (Å²) >= 11 is 0. The van der Waals surface area contributed by atoms with Crippen LogP contribution in [-0.2, 0) is 16.1 Å². The molecule has 2 aromatic carbocycles. The average Bonchev–Trinajstić information content (AvgIpc) is 2.39. The van der Waals surface area contributed by atoms with Crippen molar-refractivity contribution in [3.05, 3.63) is 59.7 Å². The lowest BCUT2D eigenvalue weighted by Gasteiger charge is -2.17. The minimum atomic E-state index is -2.27. The van der Waals surface area contributed by atoms with Crippen molar-refractivity contribution in [3.8, 4) is 0 Å². The lowest BCUT2D eigenvalue weighted by Crippen LogP contribution is -2.12. The van der Waals surface area contributed by atoms with E-state index in [0.29, 0.717) is 5.75 Å². The Balaban J connectivity index is 2.15. The lowest BCUT2D eigenvalue weighted by molar-refractivity contribution is 0.674. The molecule has 18 heavy (non-hydrogen) atoms. The van der Waals surface area contributed by atoms with Crippen molar-refractivity contribution >= 4 is 15.4 Å². The monoisotopic (exact) mass is 257 g/mol. The van der Waals surface area contributed by atoms with Crippen LogP contribution in [0.25, 0.3) is 0 Å². The van der Waals surface area contributed by atoms with Gasteiger partial charge < -0.3 is 0 Å². The second kappa shape index (κ2) is 4.25. The molecule has 0 spiro atoms. The highest BCUT2D eigenvalue weighted by atomic mass is 32.2. The van der Waals surface area contributed by atoms with Crippen LogP contribution in [0.4, 0.5) is 5.69 Å². The zero-order chi connectivity index (χ0) is 12.6. The quantitative estimate of drug-likeness (QED) is 0.765. The molecule has 2 nitrogen and oxygen atoms in total. The van der Waals surface area contributed by atoms with E-state index in [2.05, 4.69) is 10.4 Å². The molecule has 0 N–H and O–H groups in total. The van der Waals surface area contributed by atoms with Crippen molar-refractivity contribution < 1.29 is 4.21 Å². The third-order valence-electron chi connectivity index (χ3n) is 3.27. The summed E-state index contributed by atoms with van der Waals surface area (Å²) in [6.07, 6.45) is 0.840. The zero-order valence-electron chi connectivity index (χ0n) is 10.3. The summed E-state index contributed by atoms with van der Waals surface area (Å²) in [5.41, 5.74) is 3.26. The molecule has 0 radical (unpaired) electrons. The van der Waals surface area contributed by atoms with Gasteiger partial charge in [0.2, 0.25) is 0 Å². The largest absolute Gasteiger partial charge is 0.244 e. The Bertz CT molecular complexity index is 695. The molecule has 92 valence electrons. The molecule has 0 saturated heterocycles. The molecular formula is C15H15NOS. The van der Waals surface area contributed by atoms with Crippen molar-refractivity contribution in [1.82, 2.24) is 0 Å². The van der Waals surface area contributed by atoms with E-state index < -0.39 is 9.73 Å². The Labute approximate surface area is 108 Å². The Hall–Kier alpha value is -1.61. The van der Waals surface area contributed by atoms with Gasteiger partial charge in [0.25, 0.3) is 0 Å². The molecule has 1 aliphatic heterocycles. The molecule has 0 fully saturated rings. The Morgan fingerprint density at radius 2 is 1.78 bits per heavy atom. The maximum Gasteiger partial charge on any atom is 0.0803 e. The Morgan fingerprint density at radius 1 is 1.06 bits per heavy atom. The standard InChI is InChI=1S/C15H15NOS/c1-12-6-8-14(9-7-12)18(17)11-10-13-4-2-3-5-15(13)16-18/h2-9H,10-11H2,1H3. The summed E-state index contributed by atoms with van der Waals surface area (Å²) in [5, 5.41) is 0. The van der Waals surface area contributed by atoms with Gasteiger partial charge >= 0.3 is 0 Å². The van der Waals surface area contributed by atoms with Crippen LogP contribution < -0.4 is 0 Å². The fraction of sp³-hybridized carbons (Fsp3) is 0.200.